The number of hydrogen-bond acceptors (Lipinski definition) is 8. The Labute approximate surface area is 131 Å². The lowest BCUT2D eigenvalue weighted by atomic mass is 10.3. The highest BCUT2D eigenvalue weighted by atomic mass is 32.2. The molecule has 120 valence electrons. The summed E-state index contributed by atoms with van der Waals surface area (Å²) >= 11 is 0.966. The fourth-order valence-electron chi connectivity index (χ4n) is 1.60. The van der Waals surface area contributed by atoms with Gasteiger partial charge in [-0.25, -0.2) is 18.5 Å². The smallest absolute Gasteiger partial charge is 0.307 e. The van der Waals surface area contributed by atoms with Crippen molar-refractivity contribution in [3.05, 3.63) is 18.2 Å². The molecule has 0 spiro atoms. The van der Waals surface area contributed by atoms with Crippen molar-refractivity contribution in [2.75, 3.05) is 19.8 Å². The molecule has 0 aliphatic heterocycles. The minimum Gasteiger partial charge on any atom is -0.490 e. The summed E-state index contributed by atoms with van der Waals surface area (Å²) in [7, 11) is -3.81. The van der Waals surface area contributed by atoms with E-state index in [9.17, 15) is 13.2 Å². The summed E-state index contributed by atoms with van der Waals surface area (Å²) in [4.78, 5) is 15.0. The van der Waals surface area contributed by atoms with Gasteiger partial charge in [0.2, 0.25) is 4.34 Å². The van der Waals surface area contributed by atoms with E-state index >= 15 is 0 Å². The van der Waals surface area contributed by atoms with Crippen molar-refractivity contribution in [3.63, 3.8) is 0 Å². The zero-order valence-electron chi connectivity index (χ0n) is 11.5. The first-order valence-electron chi connectivity index (χ1n) is 6.32. The molecule has 0 aliphatic rings. The molecule has 1 aromatic carbocycles. The number of nitrogens with zero attached hydrogens (tertiary/aromatic N) is 1. The number of benzene rings is 1. The van der Waals surface area contributed by atoms with Crippen molar-refractivity contribution in [2.45, 2.75) is 10.8 Å². The van der Waals surface area contributed by atoms with E-state index in [1.54, 1.807) is 18.2 Å². The van der Waals surface area contributed by atoms with Crippen LogP contribution in [-0.4, -0.2) is 39.1 Å². The van der Waals surface area contributed by atoms with Crippen LogP contribution < -0.4 is 15.6 Å². The summed E-state index contributed by atoms with van der Waals surface area (Å²) in [5.74, 6) is 0.147. The number of rotatable bonds is 7. The molecule has 0 atom stereocenters. The first kappa shape index (κ1) is 16.6. The maximum Gasteiger partial charge on any atom is 0.307 e. The van der Waals surface area contributed by atoms with Crippen LogP contribution in [0.25, 0.3) is 10.2 Å². The second-order valence-electron chi connectivity index (χ2n) is 4.26. The molecule has 4 N–H and O–H groups in total. The van der Waals surface area contributed by atoms with Crippen LogP contribution in [-0.2, 0) is 19.6 Å². The van der Waals surface area contributed by atoms with Crippen molar-refractivity contribution < 1.29 is 22.7 Å². The van der Waals surface area contributed by atoms with Crippen LogP contribution in [0.15, 0.2) is 22.5 Å². The van der Waals surface area contributed by atoms with Crippen LogP contribution in [0.1, 0.15) is 6.42 Å². The number of ether oxygens (including phenoxy) is 2. The third-order valence-electron chi connectivity index (χ3n) is 2.55. The molecule has 0 bridgehead atoms. The van der Waals surface area contributed by atoms with Gasteiger partial charge in [-0.15, -0.1) is 11.3 Å². The number of aromatic nitrogens is 1. The Morgan fingerprint density at radius 2 is 2.09 bits per heavy atom. The maximum atomic E-state index is 11.3. The molecule has 8 nitrogen and oxygen atoms in total. The molecule has 10 heteroatoms. The molecule has 0 amide bonds. The topological polar surface area (TPSA) is 135 Å². The molecule has 22 heavy (non-hydrogen) atoms. The van der Waals surface area contributed by atoms with E-state index in [4.69, 9.17) is 20.3 Å². The standard InChI is InChI=1S/C12H15N3O5S2/c13-4-3-11(16)20-6-5-19-8-1-2-9-10(7-8)21-12(15-9)22(14,17)18/h1-2,7H,3-6,13H2,(H2,14,17,18). The predicted octanol–water partition coefficient (Wildman–Crippen LogP) is 0.215. The average Bonchev–Trinajstić information content (AvgIpc) is 2.87. The van der Waals surface area contributed by atoms with Crippen LogP contribution in [0.2, 0.25) is 0 Å². The van der Waals surface area contributed by atoms with Crippen LogP contribution in [0, 0.1) is 0 Å². The number of esters is 1. The Kier molecular flexibility index (Phi) is 5.29. The van der Waals surface area contributed by atoms with Gasteiger partial charge in [0.1, 0.15) is 19.0 Å². The number of sulfonamides is 1. The molecule has 0 saturated carbocycles. The second-order valence-corrected chi connectivity index (χ2v) is 7.03. The highest BCUT2D eigenvalue weighted by Crippen LogP contribution is 2.28. The van der Waals surface area contributed by atoms with Gasteiger partial charge in [0, 0.05) is 6.54 Å². The van der Waals surface area contributed by atoms with Crippen LogP contribution in [0.4, 0.5) is 0 Å². The van der Waals surface area contributed by atoms with Crippen molar-refractivity contribution in [3.8, 4) is 5.75 Å². The third kappa shape index (κ3) is 4.37. The largest absolute Gasteiger partial charge is 0.490 e. The van der Waals surface area contributed by atoms with Crippen molar-refractivity contribution in [1.29, 1.82) is 0 Å². The molecule has 2 rings (SSSR count). The van der Waals surface area contributed by atoms with Crippen molar-refractivity contribution in [1.82, 2.24) is 4.98 Å². The van der Waals surface area contributed by atoms with Crippen molar-refractivity contribution >= 4 is 37.5 Å². The quantitative estimate of drug-likeness (QED) is 0.541. The SMILES string of the molecule is NCCC(=O)OCCOc1ccc2nc(S(N)(=O)=O)sc2c1. The van der Waals surface area contributed by atoms with Gasteiger partial charge in [0.25, 0.3) is 10.0 Å². The Bertz CT molecular complexity index is 772. The molecule has 0 aliphatic carbocycles. The van der Waals surface area contributed by atoms with E-state index in [0.29, 0.717) is 16.0 Å². The summed E-state index contributed by atoms with van der Waals surface area (Å²) in [6.45, 7) is 0.540. The number of thiazole rings is 1. The molecule has 0 unspecified atom stereocenters. The number of fused-ring (bicyclic) bond motifs is 1. The highest BCUT2D eigenvalue weighted by Gasteiger charge is 2.14. The molecular weight excluding hydrogens is 330 g/mol. The zero-order chi connectivity index (χ0) is 16.2. The minimum atomic E-state index is -3.81. The van der Waals surface area contributed by atoms with Crippen molar-refractivity contribution in [2.24, 2.45) is 10.9 Å². The Balaban J connectivity index is 1.97. The highest BCUT2D eigenvalue weighted by molar-refractivity contribution is 7.91. The minimum absolute atomic E-state index is 0.113. The zero-order valence-corrected chi connectivity index (χ0v) is 13.2. The lowest BCUT2D eigenvalue weighted by molar-refractivity contribution is -0.144. The van der Waals surface area contributed by atoms with Gasteiger partial charge in [0.15, 0.2) is 0 Å². The molecule has 0 saturated heterocycles. The summed E-state index contributed by atoms with van der Waals surface area (Å²) in [6, 6.07) is 4.94. The van der Waals surface area contributed by atoms with Crippen LogP contribution in [0.5, 0.6) is 5.75 Å². The average molecular weight is 345 g/mol. The van der Waals surface area contributed by atoms with E-state index < -0.39 is 10.0 Å². The normalized spacial score (nSPS) is 11.5. The summed E-state index contributed by atoms with van der Waals surface area (Å²) < 4.78 is 33.3. The number of nitrogens with two attached hydrogens (primary N) is 2. The van der Waals surface area contributed by atoms with Crippen LogP contribution >= 0.6 is 11.3 Å². The van der Waals surface area contributed by atoms with E-state index in [0.717, 1.165) is 11.3 Å². The van der Waals surface area contributed by atoms with Gasteiger partial charge >= 0.3 is 5.97 Å². The van der Waals surface area contributed by atoms with Gasteiger partial charge in [-0.1, -0.05) is 0 Å². The second kappa shape index (κ2) is 7.01. The number of carbonyl (C=O) groups is 1. The fraction of sp³-hybridized carbons (Fsp3) is 0.333. The van der Waals surface area contributed by atoms with Gasteiger partial charge in [-0.3, -0.25) is 4.79 Å². The van der Waals surface area contributed by atoms with E-state index in [1.165, 1.54) is 0 Å². The van der Waals surface area contributed by atoms with Gasteiger partial charge in [0.05, 0.1) is 16.6 Å². The Morgan fingerprint density at radius 1 is 1.32 bits per heavy atom. The molecule has 1 heterocycles. The van der Waals surface area contributed by atoms with Gasteiger partial charge in [-0.2, -0.15) is 0 Å². The maximum absolute atomic E-state index is 11.3. The lowest BCUT2D eigenvalue weighted by Gasteiger charge is -2.06. The summed E-state index contributed by atoms with van der Waals surface area (Å²) in [6.07, 6.45) is 0.170. The Hall–Kier alpha value is -1.75. The third-order valence-corrected chi connectivity index (χ3v) is 4.89. The van der Waals surface area contributed by atoms with Gasteiger partial charge in [-0.05, 0) is 18.2 Å². The van der Waals surface area contributed by atoms with E-state index in [-0.39, 0.29) is 36.5 Å². The molecular formula is C12H15N3O5S2. The van der Waals surface area contributed by atoms with Gasteiger partial charge < -0.3 is 15.2 Å². The summed E-state index contributed by atoms with van der Waals surface area (Å²) in [5, 5.41) is 5.04. The molecule has 0 fully saturated rings. The van der Waals surface area contributed by atoms with Crippen LogP contribution in [0.3, 0.4) is 0 Å². The van der Waals surface area contributed by atoms with E-state index in [2.05, 4.69) is 4.98 Å². The molecule has 2 aromatic rings. The monoisotopic (exact) mass is 345 g/mol. The lowest BCUT2D eigenvalue weighted by Crippen LogP contribution is -2.15. The number of primary sulfonamides is 1. The Morgan fingerprint density at radius 3 is 2.77 bits per heavy atom. The first-order chi connectivity index (χ1) is 10.4. The predicted molar refractivity (Wildman–Crippen MR) is 81.1 cm³/mol. The first-order valence-corrected chi connectivity index (χ1v) is 8.68. The number of hydrogen-bond donors (Lipinski definition) is 2. The summed E-state index contributed by atoms with van der Waals surface area (Å²) in [5.41, 5.74) is 5.75. The molecule has 0 radical (unpaired) electrons. The number of carbonyl (C=O) groups excluding carboxylic acids is 1. The fourth-order valence-corrected chi connectivity index (χ4v) is 3.29. The molecule has 1 aromatic heterocycles. The van der Waals surface area contributed by atoms with E-state index in [1.807, 2.05) is 0 Å².